The Labute approximate surface area is 100 Å². The standard InChI is InChI=1S/C11H16N6/c1-8(2)10-16-15-9(17(10)3)7-14-11-12-5-4-6-13-11/h4-6,8H,7H2,1-3H3,(H,12,13,14). The molecule has 0 radical (unpaired) electrons. The lowest BCUT2D eigenvalue weighted by Crippen LogP contribution is -2.09. The van der Waals surface area contributed by atoms with E-state index in [1.54, 1.807) is 18.5 Å². The second kappa shape index (κ2) is 4.90. The summed E-state index contributed by atoms with van der Waals surface area (Å²) >= 11 is 0. The molecule has 2 aromatic heterocycles. The second-order valence-corrected chi connectivity index (χ2v) is 4.11. The number of hydrogen-bond acceptors (Lipinski definition) is 5. The smallest absolute Gasteiger partial charge is 0.222 e. The van der Waals surface area contributed by atoms with Crippen LogP contribution in [0.5, 0.6) is 0 Å². The number of anilines is 1. The molecule has 2 aromatic rings. The van der Waals surface area contributed by atoms with Crippen molar-refractivity contribution in [3.8, 4) is 0 Å². The highest BCUT2D eigenvalue weighted by Crippen LogP contribution is 2.11. The van der Waals surface area contributed by atoms with Gasteiger partial charge in [-0.25, -0.2) is 9.97 Å². The molecule has 0 unspecified atom stereocenters. The normalized spacial score (nSPS) is 10.8. The summed E-state index contributed by atoms with van der Waals surface area (Å²) in [5.74, 6) is 2.83. The molecular weight excluding hydrogens is 216 g/mol. The fourth-order valence-electron chi connectivity index (χ4n) is 1.58. The molecule has 90 valence electrons. The van der Waals surface area contributed by atoms with Gasteiger partial charge in [-0.3, -0.25) is 0 Å². The van der Waals surface area contributed by atoms with Crippen LogP contribution in [0.25, 0.3) is 0 Å². The summed E-state index contributed by atoms with van der Waals surface area (Å²) in [6.45, 7) is 4.77. The first-order valence-corrected chi connectivity index (χ1v) is 5.57. The fraction of sp³-hybridized carbons (Fsp3) is 0.455. The molecule has 0 saturated heterocycles. The highest BCUT2D eigenvalue weighted by atomic mass is 15.3. The monoisotopic (exact) mass is 232 g/mol. The van der Waals surface area contributed by atoms with E-state index >= 15 is 0 Å². The van der Waals surface area contributed by atoms with Crippen LogP contribution in [0.3, 0.4) is 0 Å². The predicted molar refractivity (Wildman–Crippen MR) is 64.5 cm³/mol. The van der Waals surface area contributed by atoms with E-state index < -0.39 is 0 Å². The lowest BCUT2D eigenvalue weighted by atomic mass is 10.2. The molecule has 6 heteroatoms. The Balaban J connectivity index is 2.05. The third kappa shape index (κ3) is 2.58. The van der Waals surface area contributed by atoms with Crippen LogP contribution in [0.2, 0.25) is 0 Å². The van der Waals surface area contributed by atoms with Crippen molar-refractivity contribution < 1.29 is 0 Å². The lowest BCUT2D eigenvalue weighted by molar-refractivity contribution is 0.692. The van der Waals surface area contributed by atoms with Crippen LogP contribution in [0, 0.1) is 0 Å². The van der Waals surface area contributed by atoms with Gasteiger partial charge in [0, 0.05) is 25.4 Å². The Morgan fingerprint density at radius 3 is 2.53 bits per heavy atom. The Morgan fingerprint density at radius 1 is 1.24 bits per heavy atom. The van der Waals surface area contributed by atoms with Crippen molar-refractivity contribution >= 4 is 5.95 Å². The van der Waals surface area contributed by atoms with E-state index in [-0.39, 0.29) is 0 Å². The molecule has 0 amide bonds. The summed E-state index contributed by atoms with van der Waals surface area (Å²) in [5, 5.41) is 11.4. The van der Waals surface area contributed by atoms with Gasteiger partial charge < -0.3 is 9.88 Å². The molecule has 0 fully saturated rings. The highest BCUT2D eigenvalue weighted by molar-refractivity contribution is 5.22. The minimum absolute atomic E-state index is 0.370. The maximum atomic E-state index is 4.16. The average Bonchev–Trinajstić information content (AvgIpc) is 2.69. The lowest BCUT2D eigenvalue weighted by Gasteiger charge is -2.06. The third-order valence-electron chi connectivity index (χ3n) is 2.49. The minimum atomic E-state index is 0.370. The van der Waals surface area contributed by atoms with Crippen LogP contribution in [-0.4, -0.2) is 24.7 Å². The number of aromatic nitrogens is 5. The van der Waals surface area contributed by atoms with E-state index in [0.717, 1.165) is 11.6 Å². The van der Waals surface area contributed by atoms with Gasteiger partial charge in [-0.1, -0.05) is 13.8 Å². The van der Waals surface area contributed by atoms with Gasteiger partial charge in [0.25, 0.3) is 0 Å². The fourth-order valence-corrected chi connectivity index (χ4v) is 1.58. The molecule has 0 saturated carbocycles. The molecular formula is C11H16N6. The number of rotatable bonds is 4. The highest BCUT2D eigenvalue weighted by Gasteiger charge is 2.11. The number of nitrogens with one attached hydrogen (secondary N) is 1. The molecule has 2 heterocycles. The third-order valence-corrected chi connectivity index (χ3v) is 2.49. The van der Waals surface area contributed by atoms with E-state index in [0.29, 0.717) is 18.4 Å². The van der Waals surface area contributed by atoms with Gasteiger partial charge in [-0.2, -0.15) is 0 Å². The van der Waals surface area contributed by atoms with Crippen molar-refractivity contribution in [2.75, 3.05) is 5.32 Å². The average molecular weight is 232 g/mol. The van der Waals surface area contributed by atoms with Gasteiger partial charge in [0.2, 0.25) is 5.95 Å². The Morgan fingerprint density at radius 2 is 1.94 bits per heavy atom. The first kappa shape index (κ1) is 11.5. The maximum Gasteiger partial charge on any atom is 0.222 e. The van der Waals surface area contributed by atoms with Crippen molar-refractivity contribution in [3.63, 3.8) is 0 Å². The molecule has 17 heavy (non-hydrogen) atoms. The second-order valence-electron chi connectivity index (χ2n) is 4.11. The van der Waals surface area contributed by atoms with Gasteiger partial charge >= 0.3 is 0 Å². The zero-order chi connectivity index (χ0) is 12.3. The van der Waals surface area contributed by atoms with Gasteiger partial charge in [0.15, 0.2) is 5.82 Å². The summed E-state index contributed by atoms with van der Waals surface area (Å²) in [4.78, 5) is 8.17. The molecule has 0 aliphatic rings. The molecule has 0 spiro atoms. The maximum absolute atomic E-state index is 4.16. The van der Waals surface area contributed by atoms with E-state index in [9.17, 15) is 0 Å². The molecule has 1 N–H and O–H groups in total. The van der Waals surface area contributed by atoms with Crippen LogP contribution in [-0.2, 0) is 13.6 Å². The molecule has 6 nitrogen and oxygen atoms in total. The van der Waals surface area contributed by atoms with Crippen LogP contribution >= 0.6 is 0 Å². The number of hydrogen-bond donors (Lipinski definition) is 1. The van der Waals surface area contributed by atoms with E-state index in [2.05, 4.69) is 39.3 Å². The van der Waals surface area contributed by atoms with Crippen molar-refractivity contribution in [2.24, 2.45) is 7.05 Å². The Hall–Kier alpha value is -1.98. The van der Waals surface area contributed by atoms with Crippen molar-refractivity contribution in [1.29, 1.82) is 0 Å². The van der Waals surface area contributed by atoms with Gasteiger partial charge in [-0.15, -0.1) is 10.2 Å². The molecule has 0 aromatic carbocycles. The van der Waals surface area contributed by atoms with Crippen molar-refractivity contribution in [3.05, 3.63) is 30.1 Å². The van der Waals surface area contributed by atoms with Gasteiger partial charge in [0.1, 0.15) is 5.82 Å². The minimum Gasteiger partial charge on any atom is -0.347 e. The quantitative estimate of drug-likeness (QED) is 0.861. The summed E-state index contributed by atoms with van der Waals surface area (Å²) < 4.78 is 2.00. The molecule has 0 bridgehead atoms. The largest absolute Gasteiger partial charge is 0.347 e. The summed E-state index contributed by atoms with van der Waals surface area (Å²) in [5.41, 5.74) is 0. The van der Waals surface area contributed by atoms with Crippen LogP contribution in [0.15, 0.2) is 18.5 Å². The molecule has 0 aliphatic heterocycles. The SMILES string of the molecule is CC(C)c1nnc(CNc2ncccn2)n1C. The zero-order valence-electron chi connectivity index (χ0n) is 10.3. The van der Waals surface area contributed by atoms with Crippen LogP contribution in [0.1, 0.15) is 31.4 Å². The first-order chi connectivity index (χ1) is 8.18. The van der Waals surface area contributed by atoms with Crippen LogP contribution in [0.4, 0.5) is 5.95 Å². The zero-order valence-corrected chi connectivity index (χ0v) is 10.3. The summed E-state index contributed by atoms with van der Waals surface area (Å²) in [6, 6.07) is 1.78. The van der Waals surface area contributed by atoms with Crippen LogP contribution < -0.4 is 5.32 Å². The number of nitrogens with zero attached hydrogens (tertiary/aromatic N) is 5. The van der Waals surface area contributed by atoms with Crippen molar-refractivity contribution in [1.82, 2.24) is 24.7 Å². The van der Waals surface area contributed by atoms with E-state index in [1.165, 1.54) is 0 Å². The summed E-state index contributed by atoms with van der Waals surface area (Å²) in [6.07, 6.45) is 3.40. The molecule has 2 rings (SSSR count). The Bertz CT molecular complexity index is 476. The Kier molecular flexibility index (Phi) is 3.32. The van der Waals surface area contributed by atoms with E-state index in [1.807, 2.05) is 11.6 Å². The topological polar surface area (TPSA) is 68.5 Å². The predicted octanol–water partition coefficient (Wildman–Crippen LogP) is 1.34. The van der Waals surface area contributed by atoms with Crippen molar-refractivity contribution in [2.45, 2.75) is 26.3 Å². The first-order valence-electron chi connectivity index (χ1n) is 5.57. The molecule has 0 aliphatic carbocycles. The molecule has 0 atom stereocenters. The van der Waals surface area contributed by atoms with E-state index in [4.69, 9.17) is 0 Å². The summed E-state index contributed by atoms with van der Waals surface area (Å²) in [7, 11) is 1.97. The van der Waals surface area contributed by atoms with Gasteiger partial charge in [-0.05, 0) is 6.07 Å². The van der Waals surface area contributed by atoms with Gasteiger partial charge in [0.05, 0.1) is 6.54 Å².